The van der Waals surface area contributed by atoms with Crippen molar-refractivity contribution >= 4 is 23.6 Å². The van der Waals surface area contributed by atoms with Gasteiger partial charge in [0.05, 0.1) is 0 Å². The number of amides is 2. The molecule has 3 atom stereocenters. The maximum atomic E-state index is 14.0. The lowest BCUT2D eigenvalue weighted by Crippen LogP contribution is -2.50. The van der Waals surface area contributed by atoms with Crippen LogP contribution in [0, 0.1) is 11.7 Å². The van der Waals surface area contributed by atoms with Crippen LogP contribution in [0.1, 0.15) is 68.4 Å². The first-order chi connectivity index (χ1) is 15.0. The molecule has 2 aromatic carbocycles. The highest BCUT2D eigenvalue weighted by molar-refractivity contribution is 7.99. The van der Waals surface area contributed by atoms with E-state index in [4.69, 9.17) is 0 Å². The summed E-state index contributed by atoms with van der Waals surface area (Å²) >= 11 is 1.49. The molecule has 1 heterocycles. The van der Waals surface area contributed by atoms with E-state index < -0.39 is 11.4 Å². The highest BCUT2D eigenvalue weighted by atomic mass is 32.2. The number of nitrogens with zero attached hydrogens (tertiary/aromatic N) is 1. The van der Waals surface area contributed by atoms with Gasteiger partial charge in [0.15, 0.2) is 0 Å². The highest BCUT2D eigenvalue weighted by Gasteiger charge is 2.43. The second-order valence-corrected chi connectivity index (χ2v) is 11.0. The van der Waals surface area contributed by atoms with Gasteiger partial charge in [-0.15, -0.1) is 11.8 Å². The Morgan fingerprint density at radius 1 is 1.09 bits per heavy atom. The Labute approximate surface area is 195 Å². The van der Waals surface area contributed by atoms with Crippen molar-refractivity contribution < 1.29 is 14.0 Å². The van der Waals surface area contributed by atoms with Crippen molar-refractivity contribution in [1.82, 2.24) is 10.2 Å². The van der Waals surface area contributed by atoms with Crippen LogP contribution in [-0.4, -0.2) is 34.6 Å². The number of hydrogen-bond donors (Lipinski definition) is 1. The smallest absolute Gasteiger partial charge is 0.255 e. The first kappa shape index (κ1) is 24.3. The number of carbonyl (C=O) groups excluding carboxylic acids is 2. The topological polar surface area (TPSA) is 49.4 Å². The molecule has 1 saturated heterocycles. The lowest BCUT2D eigenvalue weighted by molar-refractivity contribution is -0.125. The van der Waals surface area contributed by atoms with Crippen LogP contribution in [0.4, 0.5) is 4.39 Å². The maximum Gasteiger partial charge on any atom is 0.255 e. The molecule has 32 heavy (non-hydrogen) atoms. The zero-order valence-corrected chi connectivity index (χ0v) is 20.5. The van der Waals surface area contributed by atoms with Crippen molar-refractivity contribution in [2.24, 2.45) is 5.92 Å². The Kier molecular flexibility index (Phi) is 7.33. The van der Waals surface area contributed by atoms with Crippen LogP contribution in [0.5, 0.6) is 0 Å². The SMILES string of the molecule is CC(C)C(C)NC(=O)C1CSC(c2cccc(F)c2)N1C(=O)c1ccc(C(C)(C)C)cc1. The minimum atomic E-state index is -0.621. The number of carbonyl (C=O) groups is 2. The van der Waals surface area contributed by atoms with Gasteiger partial charge in [0, 0.05) is 17.4 Å². The predicted molar refractivity (Wildman–Crippen MR) is 129 cm³/mol. The monoisotopic (exact) mass is 456 g/mol. The molecule has 0 saturated carbocycles. The van der Waals surface area contributed by atoms with Crippen LogP contribution in [0.2, 0.25) is 0 Å². The molecule has 4 nitrogen and oxygen atoms in total. The summed E-state index contributed by atoms with van der Waals surface area (Å²) in [6.07, 6.45) is 0. The van der Waals surface area contributed by atoms with Gasteiger partial charge in [-0.3, -0.25) is 9.59 Å². The number of halogens is 1. The molecule has 2 aromatic rings. The molecular formula is C26H33FN2O2S. The molecule has 0 aromatic heterocycles. The Morgan fingerprint density at radius 2 is 1.75 bits per heavy atom. The van der Waals surface area contributed by atoms with Gasteiger partial charge < -0.3 is 10.2 Å². The molecule has 2 amide bonds. The summed E-state index contributed by atoms with van der Waals surface area (Å²) in [7, 11) is 0. The Hall–Kier alpha value is -2.34. The molecular weight excluding hydrogens is 423 g/mol. The zero-order chi connectivity index (χ0) is 23.6. The van der Waals surface area contributed by atoms with E-state index in [1.807, 2.05) is 45.0 Å². The fraction of sp³-hybridized carbons (Fsp3) is 0.462. The van der Waals surface area contributed by atoms with E-state index in [1.54, 1.807) is 17.0 Å². The minimum Gasteiger partial charge on any atom is -0.352 e. The maximum absolute atomic E-state index is 14.0. The molecule has 1 N–H and O–H groups in total. The molecule has 1 aliphatic rings. The van der Waals surface area contributed by atoms with Gasteiger partial charge in [-0.25, -0.2) is 4.39 Å². The third-order valence-corrected chi connectivity index (χ3v) is 7.36. The molecule has 0 aliphatic carbocycles. The molecule has 0 bridgehead atoms. The van der Waals surface area contributed by atoms with Crippen molar-refractivity contribution in [2.75, 3.05) is 5.75 Å². The molecule has 1 fully saturated rings. The number of thioether (sulfide) groups is 1. The Morgan fingerprint density at radius 3 is 2.31 bits per heavy atom. The summed E-state index contributed by atoms with van der Waals surface area (Å²) in [5, 5.41) is 2.62. The molecule has 3 unspecified atom stereocenters. The van der Waals surface area contributed by atoms with E-state index in [2.05, 4.69) is 26.1 Å². The van der Waals surface area contributed by atoms with Crippen molar-refractivity contribution in [3.8, 4) is 0 Å². The van der Waals surface area contributed by atoms with Crippen molar-refractivity contribution in [2.45, 2.75) is 64.4 Å². The average molecular weight is 457 g/mol. The molecule has 0 spiro atoms. The van der Waals surface area contributed by atoms with Crippen molar-refractivity contribution in [3.63, 3.8) is 0 Å². The molecule has 3 rings (SSSR count). The van der Waals surface area contributed by atoms with Crippen LogP contribution in [-0.2, 0) is 10.2 Å². The predicted octanol–water partition coefficient (Wildman–Crippen LogP) is 5.54. The van der Waals surface area contributed by atoms with Gasteiger partial charge in [-0.2, -0.15) is 0 Å². The summed E-state index contributed by atoms with van der Waals surface area (Å²) in [5.41, 5.74) is 2.31. The Bertz CT molecular complexity index is 969. The molecule has 0 radical (unpaired) electrons. The van der Waals surface area contributed by atoms with E-state index in [1.165, 1.54) is 23.9 Å². The number of rotatable bonds is 5. The quantitative estimate of drug-likeness (QED) is 0.643. The van der Waals surface area contributed by atoms with Crippen molar-refractivity contribution in [1.29, 1.82) is 0 Å². The Balaban J connectivity index is 1.95. The molecule has 6 heteroatoms. The lowest BCUT2D eigenvalue weighted by Gasteiger charge is -2.30. The summed E-state index contributed by atoms with van der Waals surface area (Å²) in [6, 6.07) is 13.2. The summed E-state index contributed by atoms with van der Waals surface area (Å²) < 4.78 is 14.0. The van der Waals surface area contributed by atoms with E-state index in [-0.39, 0.29) is 35.0 Å². The largest absolute Gasteiger partial charge is 0.352 e. The number of benzene rings is 2. The van der Waals surface area contributed by atoms with Gasteiger partial charge >= 0.3 is 0 Å². The van der Waals surface area contributed by atoms with Gasteiger partial charge in [-0.1, -0.05) is 58.9 Å². The normalized spacial score (nSPS) is 19.8. The second-order valence-electron chi connectivity index (χ2n) is 9.84. The van der Waals surface area contributed by atoms with Gasteiger partial charge in [0.2, 0.25) is 5.91 Å². The summed E-state index contributed by atoms with van der Waals surface area (Å²) in [6.45, 7) is 12.4. The summed E-state index contributed by atoms with van der Waals surface area (Å²) in [5.74, 6) is -0.00397. The van der Waals surface area contributed by atoms with Crippen LogP contribution < -0.4 is 5.32 Å². The third-order valence-electron chi connectivity index (χ3n) is 6.04. The summed E-state index contributed by atoms with van der Waals surface area (Å²) in [4.78, 5) is 28.4. The van der Waals surface area contributed by atoms with Gasteiger partial charge in [0.25, 0.3) is 5.91 Å². The first-order valence-corrected chi connectivity index (χ1v) is 12.1. The third kappa shape index (κ3) is 5.34. The standard InChI is InChI=1S/C26H33FN2O2S/c1-16(2)17(3)28-23(30)22-15-32-25(19-8-7-9-21(27)14-19)29(22)24(31)18-10-12-20(13-11-18)26(4,5)6/h7-14,16-17,22,25H,15H2,1-6H3,(H,28,30). The van der Waals surface area contributed by atoms with Crippen LogP contribution in [0.25, 0.3) is 0 Å². The number of nitrogens with one attached hydrogen (secondary N) is 1. The average Bonchev–Trinajstić information content (AvgIpc) is 3.18. The van der Waals surface area contributed by atoms with Crippen molar-refractivity contribution in [3.05, 3.63) is 71.0 Å². The minimum absolute atomic E-state index is 0.0104. The van der Waals surface area contributed by atoms with E-state index in [0.717, 1.165) is 5.56 Å². The van der Waals surface area contributed by atoms with Gasteiger partial charge in [0.1, 0.15) is 17.2 Å². The first-order valence-electron chi connectivity index (χ1n) is 11.1. The highest BCUT2D eigenvalue weighted by Crippen LogP contribution is 2.42. The zero-order valence-electron chi connectivity index (χ0n) is 19.7. The van der Waals surface area contributed by atoms with Gasteiger partial charge in [-0.05, 0) is 53.6 Å². The van der Waals surface area contributed by atoms with Crippen LogP contribution >= 0.6 is 11.8 Å². The molecule has 1 aliphatic heterocycles. The number of hydrogen-bond acceptors (Lipinski definition) is 3. The van der Waals surface area contributed by atoms with E-state index in [0.29, 0.717) is 16.9 Å². The van der Waals surface area contributed by atoms with Crippen LogP contribution in [0.15, 0.2) is 48.5 Å². The van der Waals surface area contributed by atoms with Crippen LogP contribution in [0.3, 0.4) is 0 Å². The fourth-order valence-electron chi connectivity index (χ4n) is 3.62. The van der Waals surface area contributed by atoms with E-state index >= 15 is 0 Å². The van der Waals surface area contributed by atoms with E-state index in [9.17, 15) is 14.0 Å². The second kappa shape index (κ2) is 9.65. The lowest BCUT2D eigenvalue weighted by atomic mass is 9.86. The molecule has 172 valence electrons. The fourth-order valence-corrected chi connectivity index (χ4v) is 5.04.